The van der Waals surface area contributed by atoms with Gasteiger partial charge in [-0.15, -0.1) is 0 Å². The third-order valence-electron chi connectivity index (χ3n) is 4.16. The summed E-state index contributed by atoms with van der Waals surface area (Å²) in [5, 5.41) is 18.3. The van der Waals surface area contributed by atoms with Gasteiger partial charge in [-0.1, -0.05) is 35.9 Å². The lowest BCUT2D eigenvalue weighted by atomic mass is 10.1. The number of benzene rings is 2. The molecule has 1 heterocycles. The molecular formula is C20H17ClN4O4. The molecule has 0 saturated heterocycles. The van der Waals surface area contributed by atoms with Crippen molar-refractivity contribution in [2.24, 2.45) is 0 Å². The summed E-state index contributed by atoms with van der Waals surface area (Å²) >= 11 is 5.89. The van der Waals surface area contributed by atoms with Crippen LogP contribution in [-0.2, 0) is 17.8 Å². The van der Waals surface area contributed by atoms with Gasteiger partial charge in [0.1, 0.15) is 0 Å². The first-order chi connectivity index (χ1) is 13.9. The molecule has 0 radical (unpaired) electrons. The number of halogens is 1. The summed E-state index contributed by atoms with van der Waals surface area (Å²) in [5.41, 5.74) is 1.81. The number of rotatable bonds is 7. The van der Waals surface area contributed by atoms with Gasteiger partial charge in [-0.2, -0.15) is 5.10 Å². The number of nitrogens with one attached hydrogen (secondary N) is 1. The highest BCUT2D eigenvalue weighted by atomic mass is 35.5. The fourth-order valence-electron chi connectivity index (χ4n) is 2.67. The van der Waals surface area contributed by atoms with Gasteiger partial charge in [0, 0.05) is 35.3 Å². The van der Waals surface area contributed by atoms with Gasteiger partial charge in [-0.25, -0.2) is 4.68 Å². The third kappa shape index (κ3) is 5.49. The Morgan fingerprint density at radius 2 is 1.76 bits per heavy atom. The van der Waals surface area contributed by atoms with E-state index in [4.69, 9.17) is 11.6 Å². The molecule has 1 amide bonds. The van der Waals surface area contributed by atoms with Crippen molar-refractivity contribution in [2.75, 3.05) is 6.54 Å². The number of nitro benzene ring substituents is 1. The van der Waals surface area contributed by atoms with Crippen LogP contribution in [0.3, 0.4) is 0 Å². The highest BCUT2D eigenvalue weighted by Crippen LogP contribution is 2.18. The Balaban J connectivity index is 1.57. The summed E-state index contributed by atoms with van der Waals surface area (Å²) in [4.78, 5) is 34.2. The van der Waals surface area contributed by atoms with Crippen molar-refractivity contribution in [2.45, 2.75) is 13.0 Å². The molecule has 3 rings (SSSR count). The lowest BCUT2D eigenvalue weighted by Crippen LogP contribution is -2.32. The standard InChI is InChI=1S/C20H17ClN4O4/c21-16-5-3-15(4-6-16)18-9-10-20(27)24(23-18)12-11-22-19(26)13-14-1-7-17(8-2-14)25(28)29/h1-10H,11-13H2,(H,22,26). The molecule has 1 N–H and O–H groups in total. The molecule has 0 bridgehead atoms. The lowest BCUT2D eigenvalue weighted by molar-refractivity contribution is -0.384. The molecule has 0 aliphatic rings. The SMILES string of the molecule is O=C(Cc1ccc([N+](=O)[O-])cc1)NCCn1nc(-c2ccc(Cl)cc2)ccc1=O. The average Bonchev–Trinajstić information content (AvgIpc) is 2.70. The van der Waals surface area contributed by atoms with Crippen LogP contribution in [0, 0.1) is 10.1 Å². The van der Waals surface area contributed by atoms with E-state index in [0.29, 0.717) is 16.3 Å². The van der Waals surface area contributed by atoms with Gasteiger partial charge >= 0.3 is 0 Å². The number of non-ortho nitro benzene ring substituents is 1. The second-order valence-electron chi connectivity index (χ2n) is 6.24. The first-order valence-electron chi connectivity index (χ1n) is 8.76. The first kappa shape index (κ1) is 20.2. The van der Waals surface area contributed by atoms with Gasteiger partial charge in [0.15, 0.2) is 0 Å². The van der Waals surface area contributed by atoms with Crippen LogP contribution < -0.4 is 10.9 Å². The van der Waals surface area contributed by atoms with Crippen molar-refractivity contribution >= 4 is 23.2 Å². The quantitative estimate of drug-likeness (QED) is 0.474. The van der Waals surface area contributed by atoms with Crippen LogP contribution in [0.15, 0.2) is 65.5 Å². The molecule has 2 aromatic carbocycles. The number of amides is 1. The Bertz CT molecular complexity index is 1080. The molecule has 0 spiro atoms. The number of aromatic nitrogens is 2. The number of carbonyl (C=O) groups excluding carboxylic acids is 1. The van der Waals surface area contributed by atoms with Crippen molar-refractivity contribution < 1.29 is 9.72 Å². The van der Waals surface area contributed by atoms with Gasteiger partial charge < -0.3 is 5.32 Å². The van der Waals surface area contributed by atoms with E-state index in [9.17, 15) is 19.7 Å². The van der Waals surface area contributed by atoms with E-state index < -0.39 is 4.92 Å². The lowest BCUT2D eigenvalue weighted by Gasteiger charge is -2.09. The largest absolute Gasteiger partial charge is 0.354 e. The zero-order chi connectivity index (χ0) is 20.8. The molecule has 0 saturated carbocycles. The van der Waals surface area contributed by atoms with Crippen LogP contribution in [-0.4, -0.2) is 27.2 Å². The van der Waals surface area contributed by atoms with Crippen LogP contribution in [0.2, 0.25) is 5.02 Å². The normalized spacial score (nSPS) is 10.5. The van der Waals surface area contributed by atoms with Crippen LogP contribution in [0.4, 0.5) is 5.69 Å². The monoisotopic (exact) mass is 412 g/mol. The highest BCUT2D eigenvalue weighted by Gasteiger charge is 2.08. The summed E-state index contributed by atoms with van der Waals surface area (Å²) in [7, 11) is 0. The third-order valence-corrected chi connectivity index (χ3v) is 4.42. The Labute approximate surface area is 170 Å². The summed E-state index contributed by atoms with van der Waals surface area (Å²) in [5.74, 6) is -0.249. The Kier molecular flexibility index (Phi) is 6.36. The van der Waals surface area contributed by atoms with Crippen molar-refractivity contribution in [3.8, 4) is 11.3 Å². The predicted molar refractivity (Wildman–Crippen MR) is 109 cm³/mol. The van der Waals surface area contributed by atoms with Gasteiger partial charge in [-0.3, -0.25) is 19.7 Å². The zero-order valence-electron chi connectivity index (χ0n) is 15.2. The molecule has 9 heteroatoms. The number of hydrogen-bond donors (Lipinski definition) is 1. The van der Waals surface area contributed by atoms with E-state index in [1.54, 1.807) is 30.3 Å². The fraction of sp³-hybridized carbons (Fsp3) is 0.150. The summed E-state index contributed by atoms with van der Waals surface area (Å²) in [6, 6.07) is 16.0. The van der Waals surface area contributed by atoms with Crippen molar-refractivity contribution in [3.05, 3.63) is 91.7 Å². The van der Waals surface area contributed by atoms with Crippen LogP contribution in [0.1, 0.15) is 5.56 Å². The molecule has 3 aromatic rings. The maximum absolute atomic E-state index is 12.1. The molecule has 0 aliphatic heterocycles. The number of nitro groups is 1. The second-order valence-corrected chi connectivity index (χ2v) is 6.67. The van der Waals surface area contributed by atoms with Crippen molar-refractivity contribution in [3.63, 3.8) is 0 Å². The van der Waals surface area contributed by atoms with Crippen LogP contribution in [0.5, 0.6) is 0 Å². The summed E-state index contributed by atoms with van der Waals surface area (Å²) < 4.78 is 1.29. The van der Waals surface area contributed by atoms with E-state index in [0.717, 1.165) is 5.56 Å². The summed E-state index contributed by atoms with van der Waals surface area (Å²) in [6.07, 6.45) is 0.0884. The molecule has 0 fully saturated rings. The molecule has 0 unspecified atom stereocenters. The number of hydrogen-bond acceptors (Lipinski definition) is 5. The molecule has 8 nitrogen and oxygen atoms in total. The average molecular weight is 413 g/mol. The molecule has 0 aliphatic carbocycles. The smallest absolute Gasteiger partial charge is 0.269 e. The maximum atomic E-state index is 12.1. The minimum Gasteiger partial charge on any atom is -0.354 e. The minimum atomic E-state index is -0.493. The van der Waals surface area contributed by atoms with Crippen molar-refractivity contribution in [1.29, 1.82) is 0 Å². The Morgan fingerprint density at radius 3 is 2.41 bits per heavy atom. The number of nitrogens with zero attached hydrogens (tertiary/aromatic N) is 3. The van der Waals surface area contributed by atoms with E-state index in [1.807, 2.05) is 12.1 Å². The van der Waals surface area contributed by atoms with Gasteiger partial charge in [0.2, 0.25) is 5.91 Å². The molecule has 148 valence electrons. The maximum Gasteiger partial charge on any atom is 0.269 e. The van der Waals surface area contributed by atoms with E-state index in [2.05, 4.69) is 10.4 Å². The molecule has 0 atom stereocenters. The summed E-state index contributed by atoms with van der Waals surface area (Å²) in [6.45, 7) is 0.440. The minimum absolute atomic E-state index is 0.0276. The van der Waals surface area contributed by atoms with E-state index in [-0.39, 0.29) is 36.7 Å². The predicted octanol–water partition coefficient (Wildman–Crippen LogP) is 2.83. The second kappa shape index (κ2) is 9.11. The van der Waals surface area contributed by atoms with Gasteiger partial charge in [-0.05, 0) is 23.8 Å². The van der Waals surface area contributed by atoms with Crippen molar-refractivity contribution in [1.82, 2.24) is 15.1 Å². The van der Waals surface area contributed by atoms with Gasteiger partial charge in [0.05, 0.1) is 23.6 Å². The highest BCUT2D eigenvalue weighted by molar-refractivity contribution is 6.30. The fourth-order valence-corrected chi connectivity index (χ4v) is 2.79. The van der Waals surface area contributed by atoms with E-state index >= 15 is 0 Å². The Hall–Kier alpha value is -3.52. The van der Waals surface area contributed by atoms with E-state index in [1.165, 1.54) is 22.9 Å². The van der Waals surface area contributed by atoms with Crippen LogP contribution >= 0.6 is 11.6 Å². The topological polar surface area (TPSA) is 107 Å². The first-order valence-corrected chi connectivity index (χ1v) is 9.14. The molecule has 1 aromatic heterocycles. The number of carbonyl (C=O) groups is 1. The van der Waals surface area contributed by atoms with Crippen LogP contribution in [0.25, 0.3) is 11.3 Å². The zero-order valence-corrected chi connectivity index (χ0v) is 16.0. The molecule has 29 heavy (non-hydrogen) atoms. The van der Waals surface area contributed by atoms with Gasteiger partial charge in [0.25, 0.3) is 11.2 Å². The molecular weight excluding hydrogens is 396 g/mol. The Morgan fingerprint density at radius 1 is 1.07 bits per heavy atom.